The van der Waals surface area contributed by atoms with E-state index < -0.39 is 0 Å². The average Bonchev–Trinajstić information content (AvgIpc) is 2.73. The molecule has 29 heavy (non-hydrogen) atoms. The minimum absolute atomic E-state index is 0.0448. The van der Waals surface area contributed by atoms with Gasteiger partial charge >= 0.3 is 0 Å². The third kappa shape index (κ3) is 6.49. The maximum Gasteiger partial charge on any atom is 0.233 e. The third-order valence-electron chi connectivity index (χ3n) is 4.11. The van der Waals surface area contributed by atoms with Crippen LogP contribution >= 0.6 is 11.8 Å². The fourth-order valence-corrected chi connectivity index (χ4v) is 3.61. The van der Waals surface area contributed by atoms with Crippen LogP contribution in [0.3, 0.4) is 0 Å². The van der Waals surface area contributed by atoms with Gasteiger partial charge in [0.1, 0.15) is 0 Å². The number of methoxy groups -OCH3 is 2. The van der Waals surface area contributed by atoms with Crippen molar-refractivity contribution in [2.45, 2.75) is 37.5 Å². The standard InChI is InChI=1S/C22H29NO5S/c1-6-27-19-10-8-16(12-21(19)28-7-2)14-23-22(24)15(3)29-17-9-11-18(25-4)20(13-17)26-5/h8-13,15H,6-7,14H2,1-5H3,(H,23,24)/t15-/m0/s1. The van der Waals surface area contributed by atoms with E-state index in [1.54, 1.807) is 14.2 Å². The zero-order valence-corrected chi connectivity index (χ0v) is 18.4. The summed E-state index contributed by atoms with van der Waals surface area (Å²) in [4.78, 5) is 13.5. The Kier molecular flexibility index (Phi) is 8.99. The molecule has 2 rings (SSSR count). The maximum atomic E-state index is 12.5. The van der Waals surface area contributed by atoms with E-state index >= 15 is 0 Å². The molecule has 0 aliphatic carbocycles. The highest BCUT2D eigenvalue weighted by atomic mass is 32.2. The molecule has 2 aromatic carbocycles. The van der Waals surface area contributed by atoms with Crippen molar-refractivity contribution in [3.63, 3.8) is 0 Å². The first kappa shape index (κ1) is 22.7. The number of nitrogens with one attached hydrogen (secondary N) is 1. The van der Waals surface area contributed by atoms with Crippen LogP contribution in [0.25, 0.3) is 0 Å². The molecule has 0 spiro atoms. The van der Waals surface area contributed by atoms with Gasteiger partial charge in [0, 0.05) is 11.4 Å². The lowest BCUT2D eigenvalue weighted by atomic mass is 10.2. The molecule has 0 heterocycles. The van der Waals surface area contributed by atoms with Gasteiger partial charge in [-0.3, -0.25) is 4.79 Å². The number of carbonyl (C=O) groups is 1. The SMILES string of the molecule is CCOc1ccc(CNC(=O)[C@H](C)Sc2ccc(OC)c(OC)c2)cc1OCC. The molecule has 1 amide bonds. The van der Waals surface area contributed by atoms with Gasteiger partial charge in [-0.2, -0.15) is 0 Å². The topological polar surface area (TPSA) is 66.0 Å². The Hall–Kier alpha value is -2.54. The van der Waals surface area contributed by atoms with Crippen molar-refractivity contribution in [2.75, 3.05) is 27.4 Å². The third-order valence-corrected chi connectivity index (χ3v) is 5.21. The van der Waals surface area contributed by atoms with Crippen LogP contribution in [0.2, 0.25) is 0 Å². The Morgan fingerprint density at radius 2 is 1.59 bits per heavy atom. The number of hydrogen-bond acceptors (Lipinski definition) is 6. The zero-order chi connectivity index (χ0) is 21.2. The molecule has 0 aliphatic heterocycles. The van der Waals surface area contributed by atoms with Crippen LogP contribution in [0.15, 0.2) is 41.3 Å². The van der Waals surface area contributed by atoms with E-state index in [-0.39, 0.29) is 11.2 Å². The summed E-state index contributed by atoms with van der Waals surface area (Å²) in [5, 5.41) is 2.72. The van der Waals surface area contributed by atoms with Gasteiger partial charge in [0.05, 0.1) is 32.7 Å². The summed E-state index contributed by atoms with van der Waals surface area (Å²) < 4.78 is 21.8. The number of thioether (sulfide) groups is 1. The first-order chi connectivity index (χ1) is 14.0. The predicted octanol–water partition coefficient (Wildman–Crippen LogP) is 4.30. The quantitative estimate of drug-likeness (QED) is 0.548. The number of rotatable bonds is 11. The molecule has 1 N–H and O–H groups in total. The lowest BCUT2D eigenvalue weighted by Crippen LogP contribution is -2.30. The zero-order valence-electron chi connectivity index (χ0n) is 17.6. The van der Waals surface area contributed by atoms with E-state index in [2.05, 4.69) is 5.32 Å². The highest BCUT2D eigenvalue weighted by Crippen LogP contribution is 2.33. The second-order valence-electron chi connectivity index (χ2n) is 6.14. The summed E-state index contributed by atoms with van der Waals surface area (Å²) >= 11 is 1.46. The van der Waals surface area contributed by atoms with Crippen molar-refractivity contribution < 1.29 is 23.7 Å². The molecule has 0 unspecified atom stereocenters. The van der Waals surface area contributed by atoms with E-state index in [4.69, 9.17) is 18.9 Å². The molecule has 1 atom stereocenters. The molecule has 0 bridgehead atoms. The summed E-state index contributed by atoms with van der Waals surface area (Å²) in [5.41, 5.74) is 0.952. The van der Waals surface area contributed by atoms with Crippen LogP contribution in [0.4, 0.5) is 0 Å². The summed E-state index contributed by atoms with van der Waals surface area (Å²) in [5.74, 6) is 2.66. The van der Waals surface area contributed by atoms with Crippen LogP contribution in [0.1, 0.15) is 26.3 Å². The largest absolute Gasteiger partial charge is 0.493 e. The highest BCUT2D eigenvalue weighted by molar-refractivity contribution is 8.00. The molecular weight excluding hydrogens is 390 g/mol. The predicted molar refractivity (Wildman–Crippen MR) is 115 cm³/mol. The fourth-order valence-electron chi connectivity index (χ4n) is 2.69. The van der Waals surface area contributed by atoms with Gasteiger partial charge < -0.3 is 24.3 Å². The van der Waals surface area contributed by atoms with Crippen molar-refractivity contribution >= 4 is 17.7 Å². The Morgan fingerprint density at radius 1 is 0.931 bits per heavy atom. The van der Waals surface area contributed by atoms with Crippen molar-refractivity contribution in [3.8, 4) is 23.0 Å². The molecular formula is C22H29NO5S. The van der Waals surface area contributed by atoms with Gasteiger partial charge in [-0.05, 0) is 56.7 Å². The van der Waals surface area contributed by atoms with Crippen LogP contribution in [-0.4, -0.2) is 38.6 Å². The van der Waals surface area contributed by atoms with E-state index in [0.29, 0.717) is 42.8 Å². The van der Waals surface area contributed by atoms with E-state index in [9.17, 15) is 4.79 Å². The van der Waals surface area contributed by atoms with Crippen molar-refractivity contribution in [2.24, 2.45) is 0 Å². The second kappa shape index (κ2) is 11.5. The average molecular weight is 420 g/mol. The number of ether oxygens (including phenoxy) is 4. The monoisotopic (exact) mass is 419 g/mol. The molecule has 0 aliphatic rings. The van der Waals surface area contributed by atoms with Crippen molar-refractivity contribution in [3.05, 3.63) is 42.0 Å². The first-order valence-electron chi connectivity index (χ1n) is 9.57. The smallest absolute Gasteiger partial charge is 0.233 e. The molecule has 0 fully saturated rings. The summed E-state index contributed by atoms with van der Waals surface area (Å²) in [6.07, 6.45) is 0. The van der Waals surface area contributed by atoms with Crippen LogP contribution in [0, 0.1) is 0 Å². The normalized spacial score (nSPS) is 11.5. The first-order valence-corrected chi connectivity index (χ1v) is 10.4. The van der Waals surface area contributed by atoms with Crippen molar-refractivity contribution in [1.29, 1.82) is 0 Å². The molecule has 0 saturated carbocycles. The van der Waals surface area contributed by atoms with Gasteiger partial charge in [-0.25, -0.2) is 0 Å². The van der Waals surface area contributed by atoms with Crippen LogP contribution in [-0.2, 0) is 11.3 Å². The Morgan fingerprint density at radius 3 is 2.24 bits per heavy atom. The Labute approximate surface area is 176 Å². The fraction of sp³-hybridized carbons (Fsp3) is 0.409. The molecule has 0 saturated heterocycles. The van der Waals surface area contributed by atoms with Gasteiger partial charge in [0.2, 0.25) is 5.91 Å². The number of amides is 1. The van der Waals surface area contributed by atoms with Crippen LogP contribution < -0.4 is 24.3 Å². The highest BCUT2D eigenvalue weighted by Gasteiger charge is 2.16. The van der Waals surface area contributed by atoms with E-state index in [1.165, 1.54) is 11.8 Å². The van der Waals surface area contributed by atoms with E-state index in [0.717, 1.165) is 10.5 Å². The number of carbonyl (C=O) groups excluding carboxylic acids is 1. The lowest BCUT2D eigenvalue weighted by molar-refractivity contribution is -0.120. The van der Waals surface area contributed by atoms with E-state index in [1.807, 2.05) is 57.2 Å². The summed E-state index contributed by atoms with van der Waals surface area (Å²) in [6, 6.07) is 11.3. The van der Waals surface area contributed by atoms with Gasteiger partial charge in [0.15, 0.2) is 23.0 Å². The molecule has 158 valence electrons. The Balaban J connectivity index is 1.97. The van der Waals surface area contributed by atoms with Gasteiger partial charge in [-0.1, -0.05) is 6.07 Å². The number of hydrogen-bond donors (Lipinski definition) is 1. The second-order valence-corrected chi connectivity index (χ2v) is 7.56. The van der Waals surface area contributed by atoms with Gasteiger partial charge in [0.25, 0.3) is 0 Å². The minimum atomic E-state index is -0.262. The number of benzene rings is 2. The van der Waals surface area contributed by atoms with Crippen LogP contribution in [0.5, 0.6) is 23.0 Å². The summed E-state index contributed by atoms with van der Waals surface area (Å²) in [7, 11) is 3.19. The molecule has 0 radical (unpaired) electrons. The minimum Gasteiger partial charge on any atom is -0.493 e. The summed E-state index contributed by atoms with van der Waals surface area (Å²) in [6.45, 7) is 7.27. The van der Waals surface area contributed by atoms with Gasteiger partial charge in [-0.15, -0.1) is 11.8 Å². The molecule has 6 nitrogen and oxygen atoms in total. The molecule has 2 aromatic rings. The molecule has 7 heteroatoms. The molecule has 0 aromatic heterocycles. The van der Waals surface area contributed by atoms with Crippen molar-refractivity contribution in [1.82, 2.24) is 5.32 Å². The maximum absolute atomic E-state index is 12.5. The lowest BCUT2D eigenvalue weighted by Gasteiger charge is -2.15. The Bertz CT molecular complexity index is 812.